The van der Waals surface area contributed by atoms with E-state index in [1.54, 1.807) is 18.4 Å². The first kappa shape index (κ1) is 14.8. The van der Waals surface area contributed by atoms with Crippen molar-refractivity contribution in [1.29, 1.82) is 0 Å². The van der Waals surface area contributed by atoms with E-state index in [2.05, 4.69) is 33.8 Å². The standard InChI is InChI=1S/C13H18BrNO3S/c1-8-3-4-9(12(16)17)6-15(8)7-10-5-11(14)13(18-2)19-10/h5,8-9H,3-4,6-7H2,1-2H3,(H,16,17). The van der Waals surface area contributed by atoms with Crippen molar-refractivity contribution in [3.63, 3.8) is 0 Å². The summed E-state index contributed by atoms with van der Waals surface area (Å²) in [4.78, 5) is 14.6. The van der Waals surface area contributed by atoms with Gasteiger partial charge in [-0.15, -0.1) is 11.3 Å². The fraction of sp³-hybridized carbons (Fsp3) is 0.615. The molecule has 0 bridgehead atoms. The number of ether oxygens (including phenoxy) is 1. The van der Waals surface area contributed by atoms with Gasteiger partial charge in [-0.25, -0.2) is 0 Å². The lowest BCUT2D eigenvalue weighted by Crippen LogP contribution is -2.43. The van der Waals surface area contributed by atoms with Crippen LogP contribution in [0.3, 0.4) is 0 Å². The summed E-state index contributed by atoms with van der Waals surface area (Å²) in [5.41, 5.74) is 0. The van der Waals surface area contributed by atoms with Crippen LogP contribution in [0.5, 0.6) is 5.06 Å². The Bertz CT molecular complexity index is 463. The molecule has 1 saturated heterocycles. The average molecular weight is 348 g/mol. The Morgan fingerprint density at radius 3 is 2.95 bits per heavy atom. The monoisotopic (exact) mass is 347 g/mol. The summed E-state index contributed by atoms with van der Waals surface area (Å²) in [7, 11) is 1.66. The Balaban J connectivity index is 2.05. The van der Waals surface area contributed by atoms with Crippen molar-refractivity contribution < 1.29 is 14.6 Å². The normalized spacial score (nSPS) is 24.4. The van der Waals surface area contributed by atoms with Crippen molar-refractivity contribution in [2.24, 2.45) is 5.92 Å². The van der Waals surface area contributed by atoms with Gasteiger partial charge in [-0.05, 0) is 41.8 Å². The van der Waals surface area contributed by atoms with Gasteiger partial charge in [0.05, 0.1) is 17.5 Å². The maximum absolute atomic E-state index is 11.1. The number of rotatable bonds is 4. The number of carboxylic acids is 1. The topological polar surface area (TPSA) is 49.8 Å². The van der Waals surface area contributed by atoms with Gasteiger partial charge in [0, 0.05) is 24.0 Å². The molecule has 0 spiro atoms. The summed E-state index contributed by atoms with van der Waals surface area (Å²) in [6, 6.07) is 2.49. The van der Waals surface area contributed by atoms with E-state index in [0.29, 0.717) is 12.6 Å². The molecule has 0 aromatic carbocycles. The summed E-state index contributed by atoms with van der Waals surface area (Å²) in [6.07, 6.45) is 1.73. The maximum Gasteiger partial charge on any atom is 0.307 e. The fourth-order valence-corrected chi connectivity index (χ4v) is 4.13. The molecule has 19 heavy (non-hydrogen) atoms. The minimum Gasteiger partial charge on any atom is -0.486 e. The quantitative estimate of drug-likeness (QED) is 0.908. The lowest BCUT2D eigenvalue weighted by molar-refractivity contribution is -0.144. The number of methoxy groups -OCH3 is 1. The second kappa shape index (κ2) is 6.24. The number of piperidine rings is 1. The number of carbonyl (C=O) groups is 1. The highest BCUT2D eigenvalue weighted by Gasteiger charge is 2.30. The molecule has 0 aliphatic carbocycles. The van der Waals surface area contributed by atoms with Gasteiger partial charge in [-0.3, -0.25) is 9.69 Å². The van der Waals surface area contributed by atoms with Crippen molar-refractivity contribution in [2.75, 3.05) is 13.7 Å². The molecule has 1 N–H and O–H groups in total. The smallest absolute Gasteiger partial charge is 0.307 e. The van der Waals surface area contributed by atoms with Gasteiger partial charge in [0.2, 0.25) is 0 Å². The van der Waals surface area contributed by atoms with Gasteiger partial charge in [-0.1, -0.05) is 0 Å². The Morgan fingerprint density at radius 1 is 1.63 bits per heavy atom. The summed E-state index contributed by atoms with van der Waals surface area (Å²) >= 11 is 5.07. The van der Waals surface area contributed by atoms with Gasteiger partial charge in [0.15, 0.2) is 5.06 Å². The number of hydrogen-bond acceptors (Lipinski definition) is 4. The molecule has 106 valence electrons. The zero-order valence-corrected chi connectivity index (χ0v) is 13.5. The van der Waals surface area contributed by atoms with Crippen LogP contribution < -0.4 is 4.74 Å². The molecule has 1 fully saturated rings. The highest BCUT2D eigenvalue weighted by Crippen LogP contribution is 2.36. The third-order valence-electron chi connectivity index (χ3n) is 3.61. The van der Waals surface area contributed by atoms with Crippen LogP contribution >= 0.6 is 27.3 Å². The van der Waals surface area contributed by atoms with Crippen LogP contribution in [0.2, 0.25) is 0 Å². The molecule has 6 heteroatoms. The van der Waals surface area contributed by atoms with Crippen molar-refractivity contribution in [2.45, 2.75) is 32.4 Å². The number of nitrogens with zero attached hydrogens (tertiary/aromatic N) is 1. The van der Waals surface area contributed by atoms with Gasteiger partial charge in [-0.2, -0.15) is 0 Å². The van der Waals surface area contributed by atoms with Crippen LogP contribution in [0.4, 0.5) is 0 Å². The van der Waals surface area contributed by atoms with Crippen LogP contribution in [0.25, 0.3) is 0 Å². The first-order valence-electron chi connectivity index (χ1n) is 6.30. The van der Waals surface area contributed by atoms with E-state index in [1.807, 2.05) is 0 Å². The van der Waals surface area contributed by atoms with E-state index in [1.165, 1.54) is 4.88 Å². The van der Waals surface area contributed by atoms with Crippen LogP contribution in [0.15, 0.2) is 10.5 Å². The number of carboxylic acid groups (broad SMARTS) is 1. The minimum absolute atomic E-state index is 0.235. The highest BCUT2D eigenvalue weighted by molar-refractivity contribution is 9.10. The molecule has 0 amide bonds. The third-order valence-corrected chi connectivity index (χ3v) is 5.54. The van der Waals surface area contributed by atoms with Crippen molar-refractivity contribution in [1.82, 2.24) is 4.90 Å². The Kier molecular flexibility index (Phi) is 4.86. The third kappa shape index (κ3) is 3.49. The molecular weight excluding hydrogens is 330 g/mol. The van der Waals surface area contributed by atoms with E-state index in [-0.39, 0.29) is 5.92 Å². The minimum atomic E-state index is -0.679. The van der Waals surface area contributed by atoms with Gasteiger partial charge in [0.25, 0.3) is 0 Å². The second-order valence-electron chi connectivity index (χ2n) is 4.94. The zero-order chi connectivity index (χ0) is 14.0. The fourth-order valence-electron chi connectivity index (χ4n) is 2.42. The summed E-state index contributed by atoms with van der Waals surface area (Å²) < 4.78 is 6.23. The molecule has 2 atom stereocenters. The molecule has 1 aromatic heterocycles. The van der Waals surface area contributed by atoms with Crippen LogP contribution in [-0.2, 0) is 11.3 Å². The van der Waals surface area contributed by atoms with E-state index in [0.717, 1.165) is 28.9 Å². The predicted molar refractivity (Wildman–Crippen MR) is 78.8 cm³/mol. The molecule has 2 rings (SSSR count). The molecule has 1 aliphatic heterocycles. The van der Waals surface area contributed by atoms with Crippen molar-refractivity contribution in [3.05, 3.63) is 15.4 Å². The van der Waals surface area contributed by atoms with Crippen LogP contribution in [0.1, 0.15) is 24.6 Å². The number of thiophene rings is 1. The molecule has 2 heterocycles. The Morgan fingerprint density at radius 2 is 2.37 bits per heavy atom. The lowest BCUT2D eigenvalue weighted by Gasteiger charge is -2.36. The molecule has 0 saturated carbocycles. The molecule has 1 aromatic rings. The van der Waals surface area contributed by atoms with E-state index >= 15 is 0 Å². The average Bonchev–Trinajstić information content (AvgIpc) is 2.72. The number of aliphatic carboxylic acids is 1. The summed E-state index contributed by atoms with van der Waals surface area (Å²) in [5.74, 6) is -0.914. The molecular formula is C13H18BrNO3S. The van der Waals surface area contributed by atoms with Crippen molar-refractivity contribution in [3.8, 4) is 5.06 Å². The summed E-state index contributed by atoms with van der Waals surface area (Å²) in [5, 5.41) is 10.0. The Labute approximate surface area is 125 Å². The summed E-state index contributed by atoms with van der Waals surface area (Å²) in [6.45, 7) is 3.59. The Hall–Kier alpha value is -0.590. The largest absolute Gasteiger partial charge is 0.486 e. The second-order valence-corrected chi connectivity index (χ2v) is 6.90. The van der Waals surface area contributed by atoms with E-state index in [9.17, 15) is 4.79 Å². The number of likely N-dealkylation sites (tertiary alicyclic amines) is 1. The molecule has 2 unspecified atom stereocenters. The first-order valence-corrected chi connectivity index (χ1v) is 7.91. The van der Waals surface area contributed by atoms with E-state index < -0.39 is 5.97 Å². The van der Waals surface area contributed by atoms with Crippen LogP contribution in [-0.4, -0.2) is 35.7 Å². The predicted octanol–water partition coefficient (Wildman–Crippen LogP) is 3.20. The number of hydrogen-bond donors (Lipinski definition) is 1. The van der Waals surface area contributed by atoms with Gasteiger partial charge < -0.3 is 9.84 Å². The molecule has 0 radical (unpaired) electrons. The van der Waals surface area contributed by atoms with Crippen molar-refractivity contribution >= 4 is 33.2 Å². The SMILES string of the molecule is COc1sc(CN2CC(C(=O)O)CCC2C)cc1Br. The van der Waals surface area contributed by atoms with Gasteiger partial charge in [0.1, 0.15) is 0 Å². The van der Waals surface area contributed by atoms with Crippen LogP contribution in [0, 0.1) is 5.92 Å². The number of halogens is 1. The maximum atomic E-state index is 11.1. The lowest BCUT2D eigenvalue weighted by atomic mass is 9.93. The van der Waals surface area contributed by atoms with E-state index in [4.69, 9.17) is 9.84 Å². The molecule has 4 nitrogen and oxygen atoms in total. The zero-order valence-electron chi connectivity index (χ0n) is 11.1. The van der Waals surface area contributed by atoms with Gasteiger partial charge >= 0.3 is 5.97 Å². The highest BCUT2D eigenvalue weighted by atomic mass is 79.9. The first-order chi connectivity index (χ1) is 9.01. The molecule has 1 aliphatic rings.